The Hall–Kier alpha value is -3.12. The summed E-state index contributed by atoms with van der Waals surface area (Å²) in [7, 11) is 4.52. The summed E-state index contributed by atoms with van der Waals surface area (Å²) in [4.78, 5) is 12.6. The number of piperidine rings is 1. The summed E-state index contributed by atoms with van der Waals surface area (Å²) in [6, 6.07) is 5.30. The van der Waals surface area contributed by atoms with Gasteiger partial charge in [0.15, 0.2) is 11.5 Å². The molecular formula is C19H26N8O3S. The Kier molecular flexibility index (Phi) is 8.24. The molecule has 1 aliphatic heterocycles. The van der Waals surface area contributed by atoms with Crippen LogP contribution in [-0.2, 0) is 0 Å². The Morgan fingerprint density at radius 2 is 1.68 bits per heavy atom. The number of nitrogens with zero attached hydrogens (tertiary/aromatic N) is 6. The van der Waals surface area contributed by atoms with Crippen molar-refractivity contribution in [3.05, 3.63) is 24.5 Å². The lowest BCUT2D eigenvalue weighted by atomic mass is 10.2. The van der Waals surface area contributed by atoms with Gasteiger partial charge < -0.3 is 24.2 Å². The number of anilines is 1. The number of ether oxygens (including phenoxy) is 3. The largest absolute Gasteiger partial charge is 0.481 e. The molecule has 4 rings (SSSR count). The van der Waals surface area contributed by atoms with E-state index in [1.807, 2.05) is 0 Å². The minimum atomic E-state index is 0.278. The molecule has 0 unspecified atom stereocenters. The molecule has 11 nitrogen and oxygen atoms in total. The summed E-state index contributed by atoms with van der Waals surface area (Å²) < 4.78 is 20.1. The number of hydrogen-bond donors (Lipinski definition) is 3. The average Bonchev–Trinajstić information content (AvgIpc) is 3.28. The molecule has 1 saturated heterocycles. The number of nitrogens with one attached hydrogen (secondary N) is 2. The zero-order valence-corrected chi connectivity index (χ0v) is 18.6. The highest BCUT2D eigenvalue weighted by atomic mass is 32.1. The molecule has 0 amide bonds. The maximum absolute atomic E-state index is 5.34. The first-order chi connectivity index (χ1) is 15.2. The fourth-order valence-electron chi connectivity index (χ4n) is 3.03. The SMILES string of the molecule is C1CCNCC1.COc1cccc(-c2nnc(NS)n2-c2c(OC)ncnc2OC)n1. The van der Waals surface area contributed by atoms with Crippen molar-refractivity contribution >= 4 is 18.8 Å². The summed E-state index contributed by atoms with van der Waals surface area (Å²) in [6.45, 7) is 2.50. The molecule has 3 aromatic rings. The van der Waals surface area contributed by atoms with Crippen LogP contribution in [0.25, 0.3) is 17.2 Å². The first kappa shape index (κ1) is 22.6. The second-order valence-corrected chi connectivity index (χ2v) is 6.63. The molecule has 166 valence electrons. The van der Waals surface area contributed by atoms with E-state index in [1.165, 1.54) is 60.0 Å². The van der Waals surface area contributed by atoms with Crippen molar-refractivity contribution < 1.29 is 14.2 Å². The van der Waals surface area contributed by atoms with Crippen molar-refractivity contribution in [2.24, 2.45) is 0 Å². The highest BCUT2D eigenvalue weighted by Gasteiger charge is 2.24. The van der Waals surface area contributed by atoms with Crippen LogP contribution < -0.4 is 24.2 Å². The van der Waals surface area contributed by atoms with Crippen molar-refractivity contribution in [2.75, 3.05) is 39.1 Å². The Balaban J connectivity index is 0.000000391. The highest BCUT2D eigenvalue weighted by Crippen LogP contribution is 2.34. The Morgan fingerprint density at radius 3 is 2.19 bits per heavy atom. The number of methoxy groups -OCH3 is 3. The van der Waals surface area contributed by atoms with Gasteiger partial charge in [0.25, 0.3) is 0 Å². The van der Waals surface area contributed by atoms with Gasteiger partial charge in [0.2, 0.25) is 23.6 Å². The molecule has 0 atom stereocenters. The minimum absolute atomic E-state index is 0.278. The number of hydrogen-bond acceptors (Lipinski definition) is 11. The van der Waals surface area contributed by atoms with Crippen molar-refractivity contribution in [1.82, 2.24) is 35.0 Å². The normalized spacial score (nSPS) is 13.0. The lowest BCUT2D eigenvalue weighted by Gasteiger charge is -2.14. The van der Waals surface area contributed by atoms with Crippen molar-refractivity contribution in [3.63, 3.8) is 0 Å². The number of pyridine rings is 1. The van der Waals surface area contributed by atoms with Gasteiger partial charge in [-0.2, -0.15) is 9.97 Å². The zero-order valence-electron chi connectivity index (χ0n) is 17.7. The molecule has 0 radical (unpaired) electrons. The topological polar surface area (TPSA) is 121 Å². The number of rotatable bonds is 6. The van der Waals surface area contributed by atoms with E-state index in [0.29, 0.717) is 29.0 Å². The van der Waals surface area contributed by atoms with Gasteiger partial charge >= 0.3 is 0 Å². The van der Waals surface area contributed by atoms with Gasteiger partial charge in [-0.25, -0.2) is 9.55 Å². The van der Waals surface area contributed by atoms with E-state index in [2.05, 4.69) is 48.0 Å². The maximum atomic E-state index is 5.34. The third-order valence-electron chi connectivity index (χ3n) is 4.50. The molecule has 1 aliphatic rings. The monoisotopic (exact) mass is 446 g/mol. The van der Waals surface area contributed by atoms with E-state index in [0.717, 1.165) is 0 Å². The van der Waals surface area contributed by atoms with Crippen LogP contribution in [0.3, 0.4) is 0 Å². The van der Waals surface area contributed by atoms with Crippen LogP contribution in [0, 0.1) is 0 Å². The molecule has 0 aliphatic carbocycles. The first-order valence-corrected chi connectivity index (χ1v) is 10.2. The third-order valence-corrected chi connectivity index (χ3v) is 4.70. The third kappa shape index (κ3) is 5.33. The first-order valence-electron chi connectivity index (χ1n) is 9.74. The minimum Gasteiger partial charge on any atom is -0.481 e. The fraction of sp³-hybridized carbons (Fsp3) is 0.421. The maximum Gasteiger partial charge on any atom is 0.245 e. The summed E-state index contributed by atoms with van der Waals surface area (Å²) >= 11 is 4.08. The lowest BCUT2D eigenvalue weighted by Crippen LogP contribution is -2.21. The van der Waals surface area contributed by atoms with E-state index in [1.54, 1.807) is 22.8 Å². The van der Waals surface area contributed by atoms with E-state index in [-0.39, 0.29) is 11.8 Å². The molecule has 0 saturated carbocycles. The quantitative estimate of drug-likeness (QED) is 0.486. The molecule has 31 heavy (non-hydrogen) atoms. The van der Waals surface area contributed by atoms with E-state index in [4.69, 9.17) is 14.2 Å². The fourth-order valence-corrected chi connectivity index (χ4v) is 3.17. The molecule has 12 heteroatoms. The second kappa shape index (κ2) is 11.3. The van der Waals surface area contributed by atoms with Crippen LogP contribution >= 0.6 is 12.8 Å². The Morgan fingerprint density at radius 1 is 0.968 bits per heavy atom. The van der Waals surface area contributed by atoms with Crippen LogP contribution in [0.4, 0.5) is 5.95 Å². The Bertz CT molecular complexity index is 947. The van der Waals surface area contributed by atoms with Crippen molar-refractivity contribution in [2.45, 2.75) is 19.3 Å². The molecule has 2 N–H and O–H groups in total. The molecule has 1 fully saturated rings. The van der Waals surface area contributed by atoms with Crippen LogP contribution in [0.1, 0.15) is 19.3 Å². The van der Waals surface area contributed by atoms with Crippen molar-refractivity contribution in [3.8, 4) is 34.8 Å². The predicted molar refractivity (Wildman–Crippen MR) is 119 cm³/mol. The van der Waals surface area contributed by atoms with E-state index < -0.39 is 0 Å². The molecular weight excluding hydrogens is 420 g/mol. The zero-order chi connectivity index (χ0) is 22.1. The van der Waals surface area contributed by atoms with Crippen molar-refractivity contribution in [1.29, 1.82) is 0 Å². The summed E-state index contributed by atoms with van der Waals surface area (Å²) in [5.41, 5.74) is 0.934. The van der Waals surface area contributed by atoms with Gasteiger partial charge in [0, 0.05) is 6.07 Å². The van der Waals surface area contributed by atoms with Gasteiger partial charge in [-0.15, -0.1) is 10.2 Å². The Labute approximate surface area is 186 Å². The second-order valence-electron chi connectivity index (χ2n) is 6.41. The summed E-state index contributed by atoms with van der Waals surface area (Å²) in [6.07, 6.45) is 5.55. The number of aromatic nitrogens is 6. The predicted octanol–water partition coefficient (Wildman–Crippen LogP) is 2.16. The average molecular weight is 447 g/mol. The number of thiol groups is 1. The highest BCUT2D eigenvalue weighted by molar-refractivity contribution is 7.81. The van der Waals surface area contributed by atoms with Crippen LogP contribution in [0.2, 0.25) is 0 Å². The van der Waals surface area contributed by atoms with Gasteiger partial charge in [-0.3, -0.25) is 0 Å². The van der Waals surface area contributed by atoms with Gasteiger partial charge in [-0.05, 0) is 32.0 Å². The molecule has 4 heterocycles. The summed E-state index contributed by atoms with van der Waals surface area (Å²) in [5, 5.41) is 11.5. The van der Waals surface area contributed by atoms with Gasteiger partial charge in [0.05, 0.1) is 21.3 Å². The molecule has 0 aromatic carbocycles. The van der Waals surface area contributed by atoms with E-state index >= 15 is 0 Å². The van der Waals surface area contributed by atoms with Gasteiger partial charge in [0.1, 0.15) is 12.0 Å². The molecule has 0 bridgehead atoms. The smallest absolute Gasteiger partial charge is 0.245 e. The summed E-state index contributed by atoms with van der Waals surface area (Å²) in [5.74, 6) is 1.72. The van der Waals surface area contributed by atoms with Crippen LogP contribution in [0.5, 0.6) is 17.6 Å². The van der Waals surface area contributed by atoms with E-state index in [9.17, 15) is 0 Å². The molecule has 3 aromatic heterocycles. The van der Waals surface area contributed by atoms with Crippen LogP contribution in [0.15, 0.2) is 24.5 Å². The lowest BCUT2D eigenvalue weighted by molar-refractivity contribution is 0.368. The van der Waals surface area contributed by atoms with Crippen LogP contribution in [-0.4, -0.2) is 64.1 Å². The molecule has 0 spiro atoms. The standard InChI is InChI=1S/C14H15N7O3S.C5H11N/c1-22-9-6-4-5-8(17-9)11-18-19-14(20-25)21(11)10-12(23-2)15-7-16-13(10)24-3;1-2-4-6-5-3-1/h4-7,25H,1-3H3,(H,19,20);6H,1-5H2. The van der Waals surface area contributed by atoms with Gasteiger partial charge in [-0.1, -0.05) is 25.3 Å².